The maximum atomic E-state index is 13.5. The highest BCUT2D eigenvalue weighted by molar-refractivity contribution is 7.92. The van der Waals surface area contributed by atoms with Gasteiger partial charge >= 0.3 is 0 Å². The van der Waals surface area contributed by atoms with E-state index in [1.807, 2.05) is 45.0 Å². The SMILES string of the molecule is CCCCNC(=O)C(C)N(Cc1cccc(C)c1)C(=O)CN(c1ccc(C)c(Cl)c1)S(C)(=O)=O. The minimum atomic E-state index is -3.79. The molecule has 2 rings (SSSR count). The second-order valence-corrected chi connectivity index (χ2v) is 10.8. The van der Waals surface area contributed by atoms with Crippen molar-refractivity contribution in [1.82, 2.24) is 10.2 Å². The Labute approximate surface area is 208 Å². The fraction of sp³-hybridized carbons (Fsp3) is 0.440. The van der Waals surface area contributed by atoms with Gasteiger partial charge in [0, 0.05) is 18.1 Å². The zero-order chi connectivity index (χ0) is 25.5. The number of benzene rings is 2. The van der Waals surface area contributed by atoms with Crippen LogP contribution in [0, 0.1) is 13.8 Å². The Morgan fingerprint density at radius 3 is 2.41 bits per heavy atom. The minimum absolute atomic E-state index is 0.176. The number of rotatable bonds is 11. The van der Waals surface area contributed by atoms with Gasteiger partial charge in [0.1, 0.15) is 12.6 Å². The van der Waals surface area contributed by atoms with Crippen molar-refractivity contribution in [3.05, 3.63) is 64.2 Å². The van der Waals surface area contributed by atoms with Crippen molar-refractivity contribution in [2.45, 2.75) is 53.1 Å². The molecule has 186 valence electrons. The number of sulfonamides is 1. The molecule has 34 heavy (non-hydrogen) atoms. The molecule has 7 nitrogen and oxygen atoms in total. The highest BCUT2D eigenvalue weighted by atomic mass is 35.5. The standard InChI is InChI=1S/C25H34ClN3O4S/c1-6-7-13-27-25(31)20(4)28(16-21-10-8-9-18(2)14-21)24(30)17-29(34(5,32)33)22-12-11-19(3)23(26)15-22/h8-12,14-15,20H,6-7,13,16-17H2,1-5H3,(H,27,31). The van der Waals surface area contributed by atoms with Crippen LogP contribution in [-0.4, -0.2) is 50.5 Å². The summed E-state index contributed by atoms with van der Waals surface area (Å²) in [7, 11) is -3.79. The van der Waals surface area contributed by atoms with Gasteiger partial charge in [0.05, 0.1) is 11.9 Å². The molecule has 0 saturated heterocycles. The van der Waals surface area contributed by atoms with Crippen molar-refractivity contribution in [1.29, 1.82) is 0 Å². The Hall–Kier alpha value is -2.58. The number of amides is 2. The van der Waals surface area contributed by atoms with Crippen LogP contribution >= 0.6 is 11.6 Å². The van der Waals surface area contributed by atoms with Crippen LogP contribution in [0.15, 0.2) is 42.5 Å². The topological polar surface area (TPSA) is 86.8 Å². The van der Waals surface area contributed by atoms with E-state index in [2.05, 4.69) is 5.32 Å². The molecule has 0 aliphatic heterocycles. The molecule has 2 aromatic rings. The number of aryl methyl sites for hydroxylation is 2. The van der Waals surface area contributed by atoms with Gasteiger partial charge in [-0.2, -0.15) is 0 Å². The van der Waals surface area contributed by atoms with Crippen molar-refractivity contribution >= 4 is 39.1 Å². The summed E-state index contributed by atoms with van der Waals surface area (Å²) >= 11 is 6.21. The van der Waals surface area contributed by atoms with Crippen LogP contribution in [-0.2, 0) is 26.2 Å². The summed E-state index contributed by atoms with van der Waals surface area (Å²) < 4.78 is 26.2. The number of hydrogen-bond acceptors (Lipinski definition) is 4. The molecule has 9 heteroatoms. The Balaban J connectivity index is 2.37. The third-order valence-electron chi connectivity index (χ3n) is 5.55. The molecule has 1 unspecified atom stereocenters. The van der Waals surface area contributed by atoms with E-state index in [1.165, 1.54) is 11.0 Å². The molecule has 0 bridgehead atoms. The lowest BCUT2D eigenvalue weighted by Crippen LogP contribution is -2.51. The number of halogens is 1. The molecule has 1 atom stereocenters. The maximum Gasteiger partial charge on any atom is 0.244 e. The fourth-order valence-electron chi connectivity index (χ4n) is 3.48. The number of anilines is 1. The van der Waals surface area contributed by atoms with E-state index >= 15 is 0 Å². The van der Waals surface area contributed by atoms with E-state index in [0.29, 0.717) is 17.3 Å². The highest BCUT2D eigenvalue weighted by Crippen LogP contribution is 2.25. The van der Waals surface area contributed by atoms with Gasteiger partial charge in [-0.05, 0) is 50.5 Å². The van der Waals surface area contributed by atoms with Gasteiger partial charge in [-0.1, -0.05) is 60.8 Å². The summed E-state index contributed by atoms with van der Waals surface area (Å²) in [6.07, 6.45) is 2.81. The lowest BCUT2D eigenvalue weighted by molar-refractivity contribution is -0.139. The minimum Gasteiger partial charge on any atom is -0.354 e. The monoisotopic (exact) mass is 507 g/mol. The normalized spacial score (nSPS) is 12.2. The van der Waals surface area contributed by atoms with Crippen LogP contribution in [0.3, 0.4) is 0 Å². The highest BCUT2D eigenvalue weighted by Gasteiger charge is 2.30. The van der Waals surface area contributed by atoms with Crippen molar-refractivity contribution in [3.63, 3.8) is 0 Å². The lowest BCUT2D eigenvalue weighted by atomic mass is 10.1. The number of hydrogen-bond donors (Lipinski definition) is 1. The second-order valence-electron chi connectivity index (χ2n) is 8.53. The molecule has 0 spiro atoms. The molecule has 0 aliphatic carbocycles. The van der Waals surface area contributed by atoms with E-state index in [1.54, 1.807) is 19.1 Å². The van der Waals surface area contributed by atoms with Crippen LogP contribution in [0.4, 0.5) is 5.69 Å². The largest absolute Gasteiger partial charge is 0.354 e. The summed E-state index contributed by atoms with van der Waals surface area (Å²) in [6.45, 7) is 7.69. The summed E-state index contributed by atoms with van der Waals surface area (Å²) in [5.41, 5.74) is 2.97. The van der Waals surface area contributed by atoms with E-state index in [4.69, 9.17) is 11.6 Å². The summed E-state index contributed by atoms with van der Waals surface area (Å²) in [4.78, 5) is 27.7. The van der Waals surface area contributed by atoms with Gasteiger partial charge in [-0.15, -0.1) is 0 Å². The zero-order valence-corrected chi connectivity index (χ0v) is 22.0. The summed E-state index contributed by atoms with van der Waals surface area (Å²) in [6, 6.07) is 11.7. The van der Waals surface area contributed by atoms with E-state index in [-0.39, 0.29) is 12.5 Å². The molecular formula is C25H34ClN3O4S. The second kappa shape index (κ2) is 12.2. The fourth-order valence-corrected chi connectivity index (χ4v) is 4.49. The molecule has 0 saturated carbocycles. The van der Waals surface area contributed by atoms with Crippen molar-refractivity contribution in [2.24, 2.45) is 0 Å². The third kappa shape index (κ3) is 7.74. The summed E-state index contributed by atoms with van der Waals surface area (Å²) in [5, 5.41) is 3.26. The van der Waals surface area contributed by atoms with Crippen LogP contribution < -0.4 is 9.62 Å². The Bertz CT molecular complexity index is 1120. The first-order valence-electron chi connectivity index (χ1n) is 11.3. The van der Waals surface area contributed by atoms with Crippen LogP contribution in [0.5, 0.6) is 0 Å². The Kier molecular flexibility index (Phi) is 9.94. The van der Waals surface area contributed by atoms with Crippen molar-refractivity contribution in [3.8, 4) is 0 Å². The van der Waals surface area contributed by atoms with E-state index < -0.39 is 28.5 Å². The Morgan fingerprint density at radius 1 is 1.12 bits per heavy atom. The molecule has 0 heterocycles. The predicted molar refractivity (Wildman–Crippen MR) is 137 cm³/mol. The van der Waals surface area contributed by atoms with Gasteiger partial charge in [-0.3, -0.25) is 13.9 Å². The lowest BCUT2D eigenvalue weighted by Gasteiger charge is -2.31. The molecule has 0 radical (unpaired) electrons. The number of carbonyl (C=O) groups is 2. The van der Waals surface area contributed by atoms with Gasteiger partial charge in [-0.25, -0.2) is 8.42 Å². The maximum absolute atomic E-state index is 13.5. The number of carbonyl (C=O) groups excluding carboxylic acids is 2. The molecule has 0 fully saturated rings. The van der Waals surface area contributed by atoms with Gasteiger partial charge in [0.25, 0.3) is 0 Å². The van der Waals surface area contributed by atoms with Crippen LogP contribution in [0.25, 0.3) is 0 Å². The van der Waals surface area contributed by atoms with Crippen molar-refractivity contribution in [2.75, 3.05) is 23.7 Å². The number of unbranched alkanes of at least 4 members (excludes halogenated alkanes) is 1. The number of nitrogens with zero attached hydrogens (tertiary/aromatic N) is 2. The molecule has 0 aromatic heterocycles. The number of nitrogens with one attached hydrogen (secondary N) is 1. The van der Waals surface area contributed by atoms with E-state index in [0.717, 1.165) is 40.1 Å². The smallest absolute Gasteiger partial charge is 0.244 e. The first-order valence-corrected chi connectivity index (χ1v) is 13.5. The van der Waals surface area contributed by atoms with Crippen molar-refractivity contribution < 1.29 is 18.0 Å². The van der Waals surface area contributed by atoms with Crippen LogP contribution in [0.1, 0.15) is 43.4 Å². The third-order valence-corrected chi connectivity index (χ3v) is 7.10. The molecular weight excluding hydrogens is 474 g/mol. The first kappa shape index (κ1) is 27.7. The van der Waals surface area contributed by atoms with Gasteiger partial charge in [0.2, 0.25) is 21.8 Å². The quantitative estimate of drug-likeness (QED) is 0.465. The first-order chi connectivity index (χ1) is 15.9. The predicted octanol–water partition coefficient (Wildman–Crippen LogP) is 4.06. The molecule has 2 aromatic carbocycles. The van der Waals surface area contributed by atoms with Crippen LogP contribution in [0.2, 0.25) is 5.02 Å². The average molecular weight is 508 g/mol. The molecule has 0 aliphatic rings. The Morgan fingerprint density at radius 2 is 1.82 bits per heavy atom. The van der Waals surface area contributed by atoms with Gasteiger partial charge < -0.3 is 10.2 Å². The summed E-state index contributed by atoms with van der Waals surface area (Å²) in [5.74, 6) is -0.763. The molecule has 1 N–H and O–H groups in total. The zero-order valence-electron chi connectivity index (χ0n) is 20.5. The van der Waals surface area contributed by atoms with Gasteiger partial charge in [0.15, 0.2) is 0 Å². The van der Waals surface area contributed by atoms with E-state index in [9.17, 15) is 18.0 Å². The molecule has 2 amide bonds. The average Bonchev–Trinajstić information content (AvgIpc) is 2.76.